The molecule has 0 aromatic carbocycles. The average molecular weight is 159 g/mol. The van der Waals surface area contributed by atoms with Gasteiger partial charge in [0.2, 0.25) is 0 Å². The lowest BCUT2D eigenvalue weighted by molar-refractivity contribution is -0.115. The molecule has 0 aliphatic carbocycles. The average Bonchev–Trinajstić information content (AvgIpc) is 2.00. The van der Waals surface area contributed by atoms with Crippen LogP contribution in [0.5, 0.6) is 0 Å². The molecule has 0 fully saturated rings. The van der Waals surface area contributed by atoms with Gasteiger partial charge < -0.3 is 15.2 Å². The molecule has 0 rings (SSSR count). The number of carbonyl (C=O) groups is 1. The second kappa shape index (κ2) is 4.46. The van der Waals surface area contributed by atoms with Gasteiger partial charge in [0.1, 0.15) is 6.29 Å². The number of aldehydes is 1. The quantitative estimate of drug-likeness (QED) is 0.563. The smallest absolute Gasteiger partial charge is 0.142 e. The summed E-state index contributed by atoms with van der Waals surface area (Å²) in [6.07, 6.45) is 1.45. The first kappa shape index (κ1) is 10.6. The van der Waals surface area contributed by atoms with Crippen LogP contribution in [0.3, 0.4) is 0 Å². The molecule has 11 heavy (non-hydrogen) atoms. The Morgan fingerprint density at radius 2 is 2.18 bits per heavy atom. The second-order valence-corrected chi connectivity index (χ2v) is 3.28. The van der Waals surface area contributed by atoms with Crippen LogP contribution in [-0.4, -0.2) is 30.6 Å². The highest BCUT2D eigenvalue weighted by molar-refractivity contribution is 5.64. The zero-order chi connectivity index (χ0) is 8.91. The van der Waals surface area contributed by atoms with Crippen LogP contribution in [0, 0.1) is 5.92 Å². The Bertz CT molecular complexity index is 119. The van der Waals surface area contributed by atoms with E-state index in [2.05, 4.69) is 5.32 Å². The molecule has 66 valence electrons. The molecule has 0 aromatic heterocycles. The fraction of sp³-hybridized carbons (Fsp3) is 0.875. The third-order valence-corrected chi connectivity index (χ3v) is 1.78. The topological polar surface area (TPSA) is 49.3 Å². The number of likely N-dealkylation sites (N-methyl/N-ethyl adjacent to an activating group) is 1. The Balaban J connectivity index is 4.16. The Morgan fingerprint density at radius 1 is 1.64 bits per heavy atom. The number of carbonyl (C=O) groups excluding carboxylic acids is 1. The number of aliphatic hydroxyl groups excluding tert-OH is 1. The summed E-state index contributed by atoms with van der Waals surface area (Å²) in [7, 11) is 1.69. The standard InChI is InChI=1S/C8H17NO2/c1-7(2)4-8(5-10,6-11)9-3/h5,7,9,11H,4,6H2,1-3H3. The van der Waals surface area contributed by atoms with Gasteiger partial charge in [0.15, 0.2) is 0 Å². The fourth-order valence-electron chi connectivity index (χ4n) is 1.12. The highest BCUT2D eigenvalue weighted by Crippen LogP contribution is 2.13. The van der Waals surface area contributed by atoms with E-state index in [1.54, 1.807) is 7.05 Å². The van der Waals surface area contributed by atoms with Crippen LogP contribution in [0.15, 0.2) is 0 Å². The van der Waals surface area contributed by atoms with E-state index in [4.69, 9.17) is 5.11 Å². The second-order valence-electron chi connectivity index (χ2n) is 3.28. The lowest BCUT2D eigenvalue weighted by Gasteiger charge is -2.26. The van der Waals surface area contributed by atoms with Gasteiger partial charge in [-0.25, -0.2) is 0 Å². The molecule has 0 bridgehead atoms. The first-order chi connectivity index (χ1) is 5.10. The molecule has 3 heteroatoms. The molecule has 1 atom stereocenters. The summed E-state index contributed by atoms with van der Waals surface area (Å²) in [5.74, 6) is 0.403. The van der Waals surface area contributed by atoms with Gasteiger partial charge in [-0.3, -0.25) is 0 Å². The lowest BCUT2D eigenvalue weighted by Crippen LogP contribution is -2.49. The zero-order valence-electron chi connectivity index (χ0n) is 7.42. The largest absolute Gasteiger partial charge is 0.394 e. The van der Waals surface area contributed by atoms with Crippen LogP contribution >= 0.6 is 0 Å². The molecule has 0 saturated heterocycles. The zero-order valence-corrected chi connectivity index (χ0v) is 7.42. The summed E-state index contributed by atoms with van der Waals surface area (Å²) in [5.41, 5.74) is -0.728. The first-order valence-electron chi connectivity index (χ1n) is 3.86. The predicted octanol–water partition coefficient (Wildman–Crippen LogP) is 0.182. The molecule has 0 spiro atoms. The van der Waals surface area contributed by atoms with Crippen LogP contribution < -0.4 is 5.32 Å². The van der Waals surface area contributed by atoms with Gasteiger partial charge in [0, 0.05) is 0 Å². The highest BCUT2D eigenvalue weighted by Gasteiger charge is 2.27. The first-order valence-corrected chi connectivity index (χ1v) is 3.86. The molecule has 0 saturated carbocycles. The van der Waals surface area contributed by atoms with Crippen molar-refractivity contribution in [3.8, 4) is 0 Å². The minimum Gasteiger partial charge on any atom is -0.394 e. The van der Waals surface area contributed by atoms with Crippen molar-refractivity contribution in [1.29, 1.82) is 0 Å². The SMILES string of the molecule is CNC(C=O)(CO)CC(C)C. The van der Waals surface area contributed by atoms with Gasteiger partial charge in [-0.15, -0.1) is 0 Å². The summed E-state index contributed by atoms with van der Waals surface area (Å²) < 4.78 is 0. The third kappa shape index (κ3) is 2.99. The minimum atomic E-state index is -0.728. The van der Waals surface area contributed by atoms with Crippen LogP contribution in [0.25, 0.3) is 0 Å². The van der Waals surface area contributed by atoms with E-state index in [9.17, 15) is 4.79 Å². The molecule has 0 aliphatic heterocycles. The maximum atomic E-state index is 10.6. The van der Waals surface area contributed by atoms with Crippen molar-refractivity contribution in [2.24, 2.45) is 5.92 Å². The number of aliphatic hydroxyl groups is 1. The van der Waals surface area contributed by atoms with Crippen LogP contribution in [-0.2, 0) is 4.79 Å². The Morgan fingerprint density at radius 3 is 2.27 bits per heavy atom. The van der Waals surface area contributed by atoms with Crippen molar-refractivity contribution in [1.82, 2.24) is 5.32 Å². The monoisotopic (exact) mass is 159 g/mol. The molecule has 0 radical (unpaired) electrons. The third-order valence-electron chi connectivity index (χ3n) is 1.78. The Hall–Kier alpha value is -0.410. The highest BCUT2D eigenvalue weighted by atomic mass is 16.3. The molecule has 0 aromatic rings. The molecular weight excluding hydrogens is 142 g/mol. The van der Waals surface area contributed by atoms with Crippen LogP contribution in [0.1, 0.15) is 20.3 Å². The van der Waals surface area contributed by atoms with Crippen LogP contribution in [0.2, 0.25) is 0 Å². The van der Waals surface area contributed by atoms with Gasteiger partial charge in [0.05, 0.1) is 12.1 Å². The summed E-state index contributed by atoms with van der Waals surface area (Å²) >= 11 is 0. The molecule has 3 nitrogen and oxygen atoms in total. The maximum Gasteiger partial charge on any atom is 0.142 e. The molecule has 0 amide bonds. The van der Waals surface area contributed by atoms with Crippen LogP contribution in [0.4, 0.5) is 0 Å². The van der Waals surface area contributed by atoms with E-state index in [0.29, 0.717) is 12.3 Å². The summed E-state index contributed by atoms with van der Waals surface area (Å²) in [5, 5.41) is 11.8. The van der Waals surface area contributed by atoms with E-state index >= 15 is 0 Å². The fourth-order valence-corrected chi connectivity index (χ4v) is 1.12. The predicted molar refractivity (Wildman–Crippen MR) is 44.4 cm³/mol. The summed E-state index contributed by atoms with van der Waals surface area (Å²) in [6, 6.07) is 0. The Kier molecular flexibility index (Phi) is 4.30. The van der Waals surface area contributed by atoms with E-state index in [0.717, 1.165) is 6.29 Å². The summed E-state index contributed by atoms with van der Waals surface area (Å²) in [6.45, 7) is 3.90. The van der Waals surface area contributed by atoms with E-state index in [1.807, 2.05) is 13.8 Å². The number of nitrogens with one attached hydrogen (secondary N) is 1. The number of hydrogen-bond acceptors (Lipinski definition) is 3. The van der Waals surface area contributed by atoms with Crippen molar-refractivity contribution >= 4 is 6.29 Å². The van der Waals surface area contributed by atoms with Gasteiger partial charge >= 0.3 is 0 Å². The van der Waals surface area contributed by atoms with Gasteiger partial charge in [-0.2, -0.15) is 0 Å². The van der Waals surface area contributed by atoms with E-state index in [-0.39, 0.29) is 6.61 Å². The van der Waals surface area contributed by atoms with Crippen molar-refractivity contribution in [2.75, 3.05) is 13.7 Å². The maximum absolute atomic E-state index is 10.6. The van der Waals surface area contributed by atoms with Crippen molar-refractivity contribution in [3.05, 3.63) is 0 Å². The van der Waals surface area contributed by atoms with Crippen molar-refractivity contribution in [2.45, 2.75) is 25.8 Å². The van der Waals surface area contributed by atoms with Gasteiger partial charge in [-0.05, 0) is 19.4 Å². The molecule has 0 aliphatic rings. The normalized spacial score (nSPS) is 16.5. The number of hydrogen-bond donors (Lipinski definition) is 2. The molecule has 1 unspecified atom stereocenters. The molecule has 0 heterocycles. The van der Waals surface area contributed by atoms with E-state index < -0.39 is 5.54 Å². The van der Waals surface area contributed by atoms with Gasteiger partial charge in [0.25, 0.3) is 0 Å². The minimum absolute atomic E-state index is 0.134. The van der Waals surface area contributed by atoms with E-state index in [1.165, 1.54) is 0 Å². The van der Waals surface area contributed by atoms with Crippen molar-refractivity contribution < 1.29 is 9.90 Å². The van der Waals surface area contributed by atoms with Crippen molar-refractivity contribution in [3.63, 3.8) is 0 Å². The molecule has 2 N–H and O–H groups in total. The molecular formula is C8H17NO2. The van der Waals surface area contributed by atoms with Gasteiger partial charge in [-0.1, -0.05) is 13.8 Å². The lowest BCUT2D eigenvalue weighted by atomic mass is 9.91. The summed E-state index contributed by atoms with van der Waals surface area (Å²) in [4.78, 5) is 10.6. The number of rotatable bonds is 5. The Labute approximate surface area is 67.8 Å².